The Morgan fingerprint density at radius 2 is 1.80 bits per heavy atom. The highest BCUT2D eigenvalue weighted by Crippen LogP contribution is 2.25. The molecule has 182 valence electrons. The minimum absolute atomic E-state index is 0.246. The second-order valence-electron chi connectivity index (χ2n) is 8.64. The van der Waals surface area contributed by atoms with Crippen molar-refractivity contribution < 1.29 is 9.53 Å². The quantitative estimate of drug-likeness (QED) is 0.437. The van der Waals surface area contributed by atoms with Gasteiger partial charge in [0.1, 0.15) is 16.9 Å². The van der Waals surface area contributed by atoms with E-state index >= 15 is 0 Å². The van der Waals surface area contributed by atoms with E-state index in [1.165, 1.54) is 4.68 Å². The summed E-state index contributed by atoms with van der Waals surface area (Å²) in [6.07, 6.45) is 3.74. The number of hydrogen-bond donors (Lipinski definition) is 1. The highest BCUT2D eigenvalue weighted by molar-refractivity contribution is 5.88. The van der Waals surface area contributed by atoms with Gasteiger partial charge in [0, 0.05) is 38.6 Å². The Kier molecular flexibility index (Phi) is 6.47. The maximum atomic E-state index is 13.7. The van der Waals surface area contributed by atoms with E-state index < -0.39 is 6.04 Å². The second kappa shape index (κ2) is 9.85. The molecule has 1 N–H and O–H groups in total. The van der Waals surface area contributed by atoms with Crippen molar-refractivity contribution in [3.05, 3.63) is 70.9 Å². The molecule has 35 heavy (non-hydrogen) atoms. The van der Waals surface area contributed by atoms with E-state index in [9.17, 15) is 9.59 Å². The lowest BCUT2D eigenvalue weighted by Crippen LogP contribution is -2.43. The molecule has 0 unspecified atom stereocenters. The molecule has 0 aliphatic carbocycles. The van der Waals surface area contributed by atoms with Gasteiger partial charge < -0.3 is 14.6 Å². The van der Waals surface area contributed by atoms with Gasteiger partial charge in [-0.05, 0) is 38.1 Å². The average molecular weight is 476 g/mol. The van der Waals surface area contributed by atoms with Gasteiger partial charge in [-0.2, -0.15) is 10.2 Å². The predicted molar refractivity (Wildman–Crippen MR) is 132 cm³/mol. The van der Waals surface area contributed by atoms with Gasteiger partial charge in [-0.1, -0.05) is 18.2 Å². The summed E-state index contributed by atoms with van der Waals surface area (Å²) in [5.74, 6) is 0.366. The number of aryl methyl sites for hydroxylation is 1. The molecule has 4 heterocycles. The Bertz CT molecular complexity index is 1370. The zero-order valence-corrected chi connectivity index (χ0v) is 19.9. The summed E-state index contributed by atoms with van der Waals surface area (Å²) in [7, 11) is 0. The van der Waals surface area contributed by atoms with Crippen molar-refractivity contribution in [1.82, 2.24) is 34.3 Å². The minimum Gasteiger partial charge on any atom is -0.379 e. The number of fused-ring (bicyclic) bond motifs is 1. The van der Waals surface area contributed by atoms with Gasteiger partial charge in [-0.15, -0.1) is 0 Å². The summed E-state index contributed by atoms with van der Waals surface area (Å²) < 4.78 is 10.2. The molecule has 1 saturated heterocycles. The standard InChI is InChI=1S/C25H29N7O3/c1-18-22-21(24(30-11-6-7-12-30)32(28-22)20-8-4-3-5-9-20)25(34)31(27-18)19(2)23(33)26-10-13-29-14-16-35-17-15-29/h3-9,11-12,19H,10,13-17H2,1-2H3,(H,26,33)/t19-/m0/s1. The Morgan fingerprint density at radius 3 is 2.51 bits per heavy atom. The Morgan fingerprint density at radius 1 is 1.09 bits per heavy atom. The topological polar surface area (TPSA) is 99.2 Å². The number of rotatable bonds is 7. The van der Waals surface area contributed by atoms with Crippen LogP contribution < -0.4 is 10.9 Å². The van der Waals surface area contributed by atoms with Crippen LogP contribution in [0.1, 0.15) is 18.7 Å². The zero-order valence-electron chi connectivity index (χ0n) is 19.9. The first-order valence-electron chi connectivity index (χ1n) is 11.8. The summed E-state index contributed by atoms with van der Waals surface area (Å²) in [6, 6.07) is 12.7. The van der Waals surface area contributed by atoms with Crippen molar-refractivity contribution in [2.24, 2.45) is 0 Å². The smallest absolute Gasteiger partial charge is 0.280 e. The SMILES string of the molecule is Cc1nn([C@@H](C)C(=O)NCCN2CCOCC2)c(=O)c2c(-n3cccc3)n(-c3ccccc3)nc12. The molecule has 1 fully saturated rings. The summed E-state index contributed by atoms with van der Waals surface area (Å²) >= 11 is 0. The lowest BCUT2D eigenvalue weighted by Gasteiger charge is -2.26. The fraction of sp³-hybridized carbons (Fsp3) is 0.360. The highest BCUT2D eigenvalue weighted by Gasteiger charge is 2.25. The molecule has 0 radical (unpaired) electrons. The van der Waals surface area contributed by atoms with Gasteiger partial charge >= 0.3 is 0 Å². The van der Waals surface area contributed by atoms with Gasteiger partial charge in [0.15, 0.2) is 5.82 Å². The van der Waals surface area contributed by atoms with Gasteiger partial charge in [0.2, 0.25) is 5.91 Å². The molecular weight excluding hydrogens is 446 g/mol. The number of ether oxygens (including phenoxy) is 1. The van der Waals surface area contributed by atoms with Gasteiger partial charge in [-0.25, -0.2) is 9.36 Å². The number of morpholine rings is 1. The molecule has 0 saturated carbocycles. The van der Waals surface area contributed by atoms with E-state index in [-0.39, 0.29) is 11.5 Å². The monoisotopic (exact) mass is 475 g/mol. The van der Waals surface area contributed by atoms with Crippen molar-refractivity contribution in [3.8, 4) is 11.5 Å². The van der Waals surface area contributed by atoms with E-state index in [1.54, 1.807) is 11.6 Å². The highest BCUT2D eigenvalue weighted by atomic mass is 16.5. The van der Waals surface area contributed by atoms with E-state index in [0.29, 0.717) is 42.2 Å². The normalized spacial score (nSPS) is 15.4. The van der Waals surface area contributed by atoms with Crippen LogP contribution in [0.25, 0.3) is 22.4 Å². The Balaban J connectivity index is 1.50. The van der Waals surface area contributed by atoms with E-state index in [2.05, 4.69) is 15.3 Å². The molecule has 1 amide bonds. The molecule has 1 aromatic carbocycles. The Labute approximate surface area is 202 Å². The molecule has 3 aromatic heterocycles. The molecule has 0 spiro atoms. The number of para-hydroxylation sites is 1. The van der Waals surface area contributed by atoms with Crippen LogP contribution in [0, 0.1) is 6.92 Å². The van der Waals surface area contributed by atoms with Crippen molar-refractivity contribution in [3.63, 3.8) is 0 Å². The van der Waals surface area contributed by atoms with Gasteiger partial charge in [-0.3, -0.25) is 14.5 Å². The first kappa shape index (κ1) is 23.0. The predicted octanol–water partition coefficient (Wildman–Crippen LogP) is 1.69. The second-order valence-corrected chi connectivity index (χ2v) is 8.64. The third-order valence-electron chi connectivity index (χ3n) is 6.31. The van der Waals surface area contributed by atoms with E-state index in [1.807, 2.05) is 66.3 Å². The molecule has 10 heteroatoms. The molecular formula is C25H29N7O3. The third-order valence-corrected chi connectivity index (χ3v) is 6.31. The van der Waals surface area contributed by atoms with Crippen LogP contribution in [0.4, 0.5) is 0 Å². The van der Waals surface area contributed by atoms with Crippen LogP contribution in [0.5, 0.6) is 0 Å². The fourth-order valence-electron chi connectivity index (χ4n) is 4.37. The van der Waals surface area contributed by atoms with Crippen LogP contribution in [-0.4, -0.2) is 74.3 Å². The fourth-order valence-corrected chi connectivity index (χ4v) is 4.37. The van der Waals surface area contributed by atoms with Crippen LogP contribution in [0.15, 0.2) is 59.7 Å². The molecule has 1 aliphatic rings. The lowest BCUT2D eigenvalue weighted by atomic mass is 10.2. The molecule has 5 rings (SSSR count). The molecule has 0 bridgehead atoms. The summed E-state index contributed by atoms with van der Waals surface area (Å²) in [5.41, 5.74) is 1.56. The number of carbonyl (C=O) groups excluding carboxylic acids is 1. The number of amides is 1. The molecule has 1 atom stereocenters. The van der Waals surface area contributed by atoms with Crippen LogP contribution in [0.3, 0.4) is 0 Å². The average Bonchev–Trinajstić information content (AvgIpc) is 3.55. The lowest BCUT2D eigenvalue weighted by molar-refractivity contribution is -0.124. The van der Waals surface area contributed by atoms with Crippen molar-refractivity contribution in [2.75, 3.05) is 39.4 Å². The van der Waals surface area contributed by atoms with Crippen molar-refractivity contribution in [2.45, 2.75) is 19.9 Å². The summed E-state index contributed by atoms with van der Waals surface area (Å²) in [4.78, 5) is 28.9. The number of nitrogens with zero attached hydrogens (tertiary/aromatic N) is 6. The summed E-state index contributed by atoms with van der Waals surface area (Å²) in [5, 5.41) is 12.6. The van der Waals surface area contributed by atoms with Crippen molar-refractivity contribution >= 4 is 16.8 Å². The largest absolute Gasteiger partial charge is 0.379 e. The maximum absolute atomic E-state index is 13.7. The molecule has 1 aliphatic heterocycles. The van der Waals surface area contributed by atoms with Gasteiger partial charge in [0.05, 0.1) is 24.6 Å². The van der Waals surface area contributed by atoms with Crippen LogP contribution >= 0.6 is 0 Å². The van der Waals surface area contributed by atoms with Gasteiger partial charge in [0.25, 0.3) is 5.56 Å². The number of nitrogens with one attached hydrogen (secondary N) is 1. The number of benzene rings is 1. The molecule has 4 aromatic rings. The maximum Gasteiger partial charge on any atom is 0.280 e. The first-order chi connectivity index (χ1) is 17.0. The summed E-state index contributed by atoms with van der Waals surface area (Å²) in [6.45, 7) is 7.88. The minimum atomic E-state index is -0.770. The number of aromatic nitrogens is 5. The first-order valence-corrected chi connectivity index (χ1v) is 11.8. The number of hydrogen-bond acceptors (Lipinski definition) is 6. The van der Waals surface area contributed by atoms with Crippen LogP contribution in [0.2, 0.25) is 0 Å². The van der Waals surface area contributed by atoms with Crippen LogP contribution in [-0.2, 0) is 9.53 Å². The van der Waals surface area contributed by atoms with E-state index in [4.69, 9.17) is 9.84 Å². The zero-order chi connectivity index (χ0) is 24.4. The number of carbonyl (C=O) groups is 1. The van der Waals surface area contributed by atoms with Crippen molar-refractivity contribution in [1.29, 1.82) is 0 Å². The van der Waals surface area contributed by atoms with E-state index in [0.717, 1.165) is 25.3 Å². The third kappa shape index (κ3) is 4.50. The molecule has 10 nitrogen and oxygen atoms in total. The Hall–Kier alpha value is -3.76.